The number of amides is 2. The summed E-state index contributed by atoms with van der Waals surface area (Å²) < 4.78 is 43.5. The molecule has 198 valence electrons. The maximum atomic E-state index is 14.2. The second kappa shape index (κ2) is 10.1. The topological polar surface area (TPSA) is 118 Å². The van der Waals surface area contributed by atoms with E-state index < -0.39 is 16.1 Å². The number of rotatable bonds is 7. The van der Waals surface area contributed by atoms with Crippen LogP contribution in [0.4, 0.5) is 15.2 Å². The Balaban J connectivity index is 1.30. The first-order valence-corrected chi connectivity index (χ1v) is 14.3. The van der Waals surface area contributed by atoms with Gasteiger partial charge in [-0.3, -0.25) is 14.3 Å². The second-order valence-corrected chi connectivity index (χ2v) is 11.7. The SMILES string of the molecule is CC(C)[C@@H](C(=O)N1CCN(c2ccc(S(=O)(=O)Nc3nncs3)cc2)C(=O)C1)n1ccc2c(F)cccc21. The molecule has 1 N–H and O–H groups in total. The summed E-state index contributed by atoms with van der Waals surface area (Å²) in [4.78, 5) is 29.7. The van der Waals surface area contributed by atoms with Gasteiger partial charge in [-0.1, -0.05) is 31.3 Å². The maximum absolute atomic E-state index is 14.2. The number of hydrogen-bond donors (Lipinski definition) is 1. The molecule has 2 amide bonds. The number of sulfonamides is 1. The molecule has 0 saturated carbocycles. The van der Waals surface area contributed by atoms with E-state index in [0.29, 0.717) is 23.1 Å². The number of benzene rings is 2. The quantitative estimate of drug-likeness (QED) is 0.372. The fraction of sp³-hybridized carbons (Fsp3) is 0.280. The van der Waals surface area contributed by atoms with E-state index in [2.05, 4.69) is 14.9 Å². The molecule has 0 radical (unpaired) electrons. The zero-order valence-corrected chi connectivity index (χ0v) is 22.2. The molecule has 4 aromatic rings. The maximum Gasteiger partial charge on any atom is 0.263 e. The number of aromatic nitrogens is 3. The van der Waals surface area contributed by atoms with Gasteiger partial charge >= 0.3 is 0 Å². The van der Waals surface area contributed by atoms with Crippen molar-refractivity contribution in [3.63, 3.8) is 0 Å². The average molecular weight is 557 g/mol. The van der Waals surface area contributed by atoms with Gasteiger partial charge in [-0.05, 0) is 48.4 Å². The molecule has 2 aromatic heterocycles. The third-order valence-electron chi connectivity index (χ3n) is 6.47. The number of halogens is 1. The van der Waals surface area contributed by atoms with Crippen LogP contribution in [0, 0.1) is 11.7 Å². The summed E-state index contributed by atoms with van der Waals surface area (Å²) in [6, 6.07) is 11.8. The molecule has 0 unspecified atom stereocenters. The summed E-state index contributed by atoms with van der Waals surface area (Å²) in [7, 11) is -3.85. The number of carbonyl (C=O) groups is 2. The van der Waals surface area contributed by atoms with Crippen LogP contribution in [-0.2, 0) is 19.6 Å². The molecule has 1 atom stereocenters. The van der Waals surface area contributed by atoms with Crippen molar-refractivity contribution < 1.29 is 22.4 Å². The molecule has 0 spiro atoms. The van der Waals surface area contributed by atoms with Crippen LogP contribution in [0.5, 0.6) is 0 Å². The Morgan fingerprint density at radius 2 is 1.87 bits per heavy atom. The summed E-state index contributed by atoms with van der Waals surface area (Å²) in [5.74, 6) is -0.940. The Kier molecular flexibility index (Phi) is 6.88. The van der Waals surface area contributed by atoms with E-state index in [9.17, 15) is 22.4 Å². The molecule has 0 aliphatic carbocycles. The molecule has 0 bridgehead atoms. The monoisotopic (exact) mass is 556 g/mol. The number of fused-ring (bicyclic) bond motifs is 1. The third-order valence-corrected chi connectivity index (χ3v) is 8.56. The zero-order valence-electron chi connectivity index (χ0n) is 20.6. The zero-order chi connectivity index (χ0) is 27.0. The van der Waals surface area contributed by atoms with Gasteiger partial charge in [0, 0.05) is 30.4 Å². The van der Waals surface area contributed by atoms with E-state index >= 15 is 0 Å². The fourth-order valence-electron chi connectivity index (χ4n) is 4.64. The van der Waals surface area contributed by atoms with E-state index in [1.807, 2.05) is 13.8 Å². The number of nitrogens with zero attached hydrogens (tertiary/aromatic N) is 5. The normalized spacial score (nSPS) is 15.3. The predicted octanol–water partition coefficient (Wildman–Crippen LogP) is 3.51. The summed E-state index contributed by atoms with van der Waals surface area (Å²) in [6.45, 7) is 4.28. The van der Waals surface area contributed by atoms with Crippen molar-refractivity contribution in [2.45, 2.75) is 24.8 Å². The van der Waals surface area contributed by atoms with Gasteiger partial charge < -0.3 is 14.4 Å². The Bertz CT molecular complexity index is 1590. The van der Waals surface area contributed by atoms with Crippen LogP contribution in [0.3, 0.4) is 0 Å². The summed E-state index contributed by atoms with van der Waals surface area (Å²) in [6.07, 6.45) is 1.71. The number of carbonyl (C=O) groups excluding carboxylic acids is 2. The minimum Gasteiger partial charge on any atom is -0.335 e. The van der Waals surface area contributed by atoms with Crippen LogP contribution in [-0.4, -0.2) is 59.5 Å². The lowest BCUT2D eigenvalue weighted by Crippen LogP contribution is -2.54. The lowest BCUT2D eigenvalue weighted by atomic mass is 10.0. The Labute approximate surface area is 222 Å². The highest BCUT2D eigenvalue weighted by atomic mass is 32.2. The number of anilines is 2. The van der Waals surface area contributed by atoms with Crippen molar-refractivity contribution in [3.05, 3.63) is 66.1 Å². The van der Waals surface area contributed by atoms with E-state index in [1.165, 1.54) is 33.5 Å². The van der Waals surface area contributed by atoms with Crippen molar-refractivity contribution >= 4 is 54.9 Å². The minimum atomic E-state index is -3.85. The molecule has 1 aliphatic heterocycles. The molecular weight excluding hydrogens is 531 g/mol. The minimum absolute atomic E-state index is 0.0212. The highest BCUT2D eigenvalue weighted by molar-refractivity contribution is 7.93. The van der Waals surface area contributed by atoms with Gasteiger partial charge in [0.2, 0.25) is 16.9 Å². The fourth-order valence-corrected chi connectivity index (χ4v) is 6.33. The lowest BCUT2D eigenvalue weighted by Gasteiger charge is -2.37. The molecule has 10 nitrogen and oxygen atoms in total. The van der Waals surface area contributed by atoms with Crippen LogP contribution in [0.1, 0.15) is 19.9 Å². The van der Waals surface area contributed by atoms with Crippen LogP contribution >= 0.6 is 11.3 Å². The van der Waals surface area contributed by atoms with Crippen LogP contribution in [0.2, 0.25) is 0 Å². The largest absolute Gasteiger partial charge is 0.335 e. The molecule has 1 saturated heterocycles. The van der Waals surface area contributed by atoms with E-state index in [0.717, 1.165) is 11.3 Å². The standard InChI is InChI=1S/C25H25FN6O4S2/c1-16(2)23(32-11-10-19-20(26)4-3-5-21(19)32)24(34)30-12-13-31(22(33)14-30)17-6-8-18(9-7-17)38(35,36)29-25-28-27-15-37-25/h3-11,15-16,23H,12-14H2,1-2H3,(H,28,29)/t23-/m0/s1. The highest BCUT2D eigenvalue weighted by Gasteiger charge is 2.34. The average Bonchev–Trinajstić information content (AvgIpc) is 3.55. The van der Waals surface area contributed by atoms with E-state index in [-0.39, 0.29) is 46.7 Å². The van der Waals surface area contributed by atoms with Gasteiger partial charge in [0.05, 0.1) is 10.4 Å². The predicted molar refractivity (Wildman–Crippen MR) is 142 cm³/mol. The number of nitrogens with one attached hydrogen (secondary N) is 1. The van der Waals surface area contributed by atoms with Crippen LogP contribution in [0.25, 0.3) is 10.9 Å². The first kappa shape index (κ1) is 25.8. The smallest absolute Gasteiger partial charge is 0.263 e. The molecule has 38 heavy (non-hydrogen) atoms. The van der Waals surface area contributed by atoms with Crippen molar-refractivity contribution in [2.75, 3.05) is 29.3 Å². The number of piperazine rings is 1. The first-order valence-electron chi connectivity index (χ1n) is 11.9. The molecule has 1 aliphatic rings. The van der Waals surface area contributed by atoms with Gasteiger partial charge in [0.15, 0.2) is 0 Å². The van der Waals surface area contributed by atoms with Crippen LogP contribution in [0.15, 0.2) is 65.1 Å². The first-order chi connectivity index (χ1) is 18.2. The van der Waals surface area contributed by atoms with E-state index in [1.54, 1.807) is 41.1 Å². The van der Waals surface area contributed by atoms with Crippen molar-refractivity contribution in [1.29, 1.82) is 0 Å². The van der Waals surface area contributed by atoms with Gasteiger partial charge in [0.25, 0.3) is 10.0 Å². The lowest BCUT2D eigenvalue weighted by molar-refractivity contribution is -0.140. The molecule has 1 fully saturated rings. The Morgan fingerprint density at radius 1 is 1.11 bits per heavy atom. The van der Waals surface area contributed by atoms with Gasteiger partial charge in [-0.25, -0.2) is 12.8 Å². The second-order valence-electron chi connectivity index (χ2n) is 9.23. The van der Waals surface area contributed by atoms with Crippen molar-refractivity contribution in [3.8, 4) is 0 Å². The van der Waals surface area contributed by atoms with Gasteiger partial charge in [-0.15, -0.1) is 10.2 Å². The van der Waals surface area contributed by atoms with Crippen LogP contribution < -0.4 is 9.62 Å². The van der Waals surface area contributed by atoms with E-state index in [4.69, 9.17) is 0 Å². The van der Waals surface area contributed by atoms with Gasteiger partial charge in [0.1, 0.15) is 23.9 Å². The summed E-state index contributed by atoms with van der Waals surface area (Å²) in [5, 5.41) is 7.88. The molecule has 13 heteroatoms. The van der Waals surface area contributed by atoms with Crippen molar-refractivity contribution in [1.82, 2.24) is 19.7 Å². The van der Waals surface area contributed by atoms with Crippen molar-refractivity contribution in [2.24, 2.45) is 5.92 Å². The molecule has 2 aromatic carbocycles. The number of hydrogen-bond acceptors (Lipinski definition) is 7. The summed E-state index contributed by atoms with van der Waals surface area (Å²) in [5.41, 5.74) is 2.57. The Hall–Kier alpha value is -3.84. The van der Waals surface area contributed by atoms with Gasteiger partial charge in [-0.2, -0.15) is 0 Å². The Morgan fingerprint density at radius 3 is 2.53 bits per heavy atom. The molecule has 5 rings (SSSR count). The third kappa shape index (κ3) is 4.86. The highest BCUT2D eigenvalue weighted by Crippen LogP contribution is 2.29. The molecular formula is C25H25FN6O4S2. The summed E-state index contributed by atoms with van der Waals surface area (Å²) >= 11 is 1.06. The molecule has 3 heterocycles.